The van der Waals surface area contributed by atoms with Crippen LogP contribution < -0.4 is 16.6 Å². The third kappa shape index (κ3) is 9.36. The van der Waals surface area contributed by atoms with E-state index in [9.17, 15) is 8.78 Å². The van der Waals surface area contributed by atoms with Crippen LogP contribution in [0, 0.1) is 0 Å². The van der Waals surface area contributed by atoms with E-state index in [-0.39, 0.29) is 5.96 Å². The predicted octanol–water partition coefficient (Wildman–Crippen LogP) is 0.0870. The summed E-state index contributed by atoms with van der Waals surface area (Å²) in [5, 5.41) is 2.78. The molecule has 90 valence electrons. The number of alkyl halides is 2. The molecule has 7 heteroatoms. The quantitative estimate of drug-likeness (QED) is 0.188. The molecule has 0 aromatic heterocycles. The Hall–Kier alpha value is -0.950. The molecular formula is C8H18F2N4O. The molecule has 0 aliphatic carbocycles. The van der Waals surface area contributed by atoms with E-state index in [1.54, 1.807) is 0 Å². The number of nitrogens with zero attached hydrogens (tertiary/aromatic N) is 1. The van der Waals surface area contributed by atoms with Gasteiger partial charge in [-0.25, -0.2) is 19.6 Å². The van der Waals surface area contributed by atoms with Crippen molar-refractivity contribution >= 4 is 5.96 Å². The summed E-state index contributed by atoms with van der Waals surface area (Å²) in [5.41, 5.74) is 2.21. The average Bonchev–Trinajstić information content (AvgIpc) is 2.22. The van der Waals surface area contributed by atoms with Crippen LogP contribution in [0.2, 0.25) is 0 Å². The van der Waals surface area contributed by atoms with E-state index >= 15 is 0 Å². The molecule has 0 fully saturated rings. The summed E-state index contributed by atoms with van der Waals surface area (Å²) in [6.45, 7) is 3.21. The number of halogens is 2. The Morgan fingerprint density at radius 3 is 2.80 bits per heavy atom. The maximum atomic E-state index is 11.8. The zero-order chi connectivity index (χ0) is 11.5. The van der Waals surface area contributed by atoms with Gasteiger partial charge in [0.25, 0.3) is 6.43 Å². The molecule has 5 nitrogen and oxygen atoms in total. The number of guanidine groups is 1. The number of rotatable bonds is 7. The number of aliphatic imine (C=N–C) groups is 1. The molecule has 0 saturated heterocycles. The van der Waals surface area contributed by atoms with Crippen molar-refractivity contribution in [2.24, 2.45) is 10.8 Å². The summed E-state index contributed by atoms with van der Waals surface area (Å²) in [4.78, 5) is 3.54. The number of hydrogen-bond donors (Lipinski definition) is 3. The lowest BCUT2D eigenvalue weighted by Gasteiger charge is -2.08. The number of hydrogen-bond acceptors (Lipinski definition) is 3. The van der Waals surface area contributed by atoms with Crippen molar-refractivity contribution in [3.63, 3.8) is 0 Å². The molecule has 0 aromatic carbocycles. The molecule has 0 rings (SSSR count). The first-order chi connectivity index (χ1) is 7.20. The second kappa shape index (κ2) is 9.60. The van der Waals surface area contributed by atoms with Crippen molar-refractivity contribution in [2.75, 3.05) is 26.3 Å². The Morgan fingerprint density at radius 1 is 1.53 bits per heavy atom. The summed E-state index contributed by atoms with van der Waals surface area (Å²) in [6.07, 6.45) is -1.69. The molecule has 15 heavy (non-hydrogen) atoms. The number of nitrogens with one attached hydrogen (secondary N) is 2. The molecule has 4 N–H and O–H groups in total. The highest BCUT2D eigenvalue weighted by molar-refractivity contribution is 5.79. The fourth-order valence-electron chi connectivity index (χ4n) is 0.838. The molecule has 0 radical (unpaired) electrons. The van der Waals surface area contributed by atoms with Crippen LogP contribution in [-0.2, 0) is 4.74 Å². The number of nitrogens with two attached hydrogens (primary N) is 1. The molecule has 0 aromatic rings. The minimum absolute atomic E-state index is 0.173. The van der Waals surface area contributed by atoms with Crippen LogP contribution in [0.3, 0.4) is 0 Å². The molecule has 0 spiro atoms. The second-order valence-corrected chi connectivity index (χ2v) is 2.70. The molecule has 0 amide bonds. The van der Waals surface area contributed by atoms with Gasteiger partial charge in [0.2, 0.25) is 5.96 Å². The molecule has 0 aliphatic rings. The first-order valence-electron chi connectivity index (χ1n) is 4.81. The molecule has 0 saturated carbocycles. The van der Waals surface area contributed by atoms with Crippen molar-refractivity contribution in [3.05, 3.63) is 0 Å². The van der Waals surface area contributed by atoms with Gasteiger partial charge in [0.1, 0.15) is 6.54 Å². The van der Waals surface area contributed by atoms with Gasteiger partial charge >= 0.3 is 0 Å². The Morgan fingerprint density at radius 2 is 2.27 bits per heavy atom. The molecule has 0 aliphatic heterocycles. The van der Waals surface area contributed by atoms with E-state index in [2.05, 4.69) is 15.7 Å². The predicted molar refractivity (Wildman–Crippen MR) is 54.7 cm³/mol. The molecule has 0 heterocycles. The van der Waals surface area contributed by atoms with Crippen LogP contribution in [0.25, 0.3) is 0 Å². The summed E-state index contributed by atoms with van der Waals surface area (Å²) in [6, 6.07) is 0. The van der Waals surface area contributed by atoms with E-state index in [0.29, 0.717) is 19.8 Å². The van der Waals surface area contributed by atoms with Crippen LogP contribution in [0.15, 0.2) is 4.99 Å². The minimum atomic E-state index is -2.46. The topological polar surface area (TPSA) is 71.7 Å². The monoisotopic (exact) mass is 224 g/mol. The Bertz CT molecular complexity index is 178. The first-order valence-corrected chi connectivity index (χ1v) is 4.81. The van der Waals surface area contributed by atoms with Crippen LogP contribution in [0.1, 0.15) is 13.3 Å². The highest BCUT2D eigenvalue weighted by Gasteiger charge is 2.01. The zero-order valence-corrected chi connectivity index (χ0v) is 8.80. The van der Waals surface area contributed by atoms with Crippen LogP contribution >= 0.6 is 0 Å². The Kier molecular flexibility index (Phi) is 8.99. The summed E-state index contributed by atoms with van der Waals surface area (Å²) < 4.78 is 28.7. The lowest BCUT2D eigenvalue weighted by molar-refractivity contribution is 0.145. The third-order valence-corrected chi connectivity index (χ3v) is 1.49. The summed E-state index contributed by atoms with van der Waals surface area (Å²) in [7, 11) is 0. The maximum Gasteiger partial charge on any atom is 0.257 e. The Labute approximate surface area is 88.0 Å². The van der Waals surface area contributed by atoms with E-state index in [1.807, 2.05) is 6.92 Å². The van der Waals surface area contributed by atoms with Gasteiger partial charge in [-0.2, -0.15) is 0 Å². The lowest BCUT2D eigenvalue weighted by atomic mass is 10.4. The van der Waals surface area contributed by atoms with Crippen molar-refractivity contribution in [2.45, 2.75) is 19.8 Å². The Balaban J connectivity index is 3.56. The second-order valence-electron chi connectivity index (χ2n) is 2.70. The van der Waals surface area contributed by atoms with E-state index in [0.717, 1.165) is 6.42 Å². The number of hydrazine groups is 1. The summed E-state index contributed by atoms with van der Waals surface area (Å²) >= 11 is 0. The first kappa shape index (κ1) is 14.1. The minimum Gasteiger partial charge on any atom is -0.382 e. The van der Waals surface area contributed by atoms with Gasteiger partial charge in [0, 0.05) is 19.8 Å². The van der Waals surface area contributed by atoms with Gasteiger partial charge in [-0.1, -0.05) is 0 Å². The smallest absolute Gasteiger partial charge is 0.257 e. The molecule has 0 atom stereocenters. The highest BCUT2D eigenvalue weighted by Crippen LogP contribution is 1.91. The van der Waals surface area contributed by atoms with E-state index in [1.165, 1.54) is 0 Å². The van der Waals surface area contributed by atoms with Crippen LogP contribution in [-0.4, -0.2) is 38.7 Å². The van der Waals surface area contributed by atoms with Crippen molar-refractivity contribution in [1.29, 1.82) is 0 Å². The SMILES string of the molecule is CCOCCCNC(=NCC(F)F)NN. The fraction of sp³-hybridized carbons (Fsp3) is 0.875. The van der Waals surface area contributed by atoms with Gasteiger partial charge in [-0.3, -0.25) is 5.43 Å². The van der Waals surface area contributed by atoms with Crippen molar-refractivity contribution in [1.82, 2.24) is 10.7 Å². The third-order valence-electron chi connectivity index (χ3n) is 1.49. The van der Waals surface area contributed by atoms with Gasteiger partial charge in [0.05, 0.1) is 0 Å². The fourth-order valence-corrected chi connectivity index (χ4v) is 0.838. The van der Waals surface area contributed by atoms with Crippen molar-refractivity contribution in [3.8, 4) is 0 Å². The summed E-state index contributed by atoms with van der Waals surface area (Å²) in [5.74, 6) is 5.25. The molecular weight excluding hydrogens is 206 g/mol. The van der Waals surface area contributed by atoms with Gasteiger partial charge in [-0.15, -0.1) is 0 Å². The van der Waals surface area contributed by atoms with Gasteiger partial charge < -0.3 is 10.1 Å². The normalized spacial score (nSPS) is 11.9. The maximum absolute atomic E-state index is 11.8. The van der Waals surface area contributed by atoms with Crippen molar-refractivity contribution < 1.29 is 13.5 Å². The van der Waals surface area contributed by atoms with E-state index < -0.39 is 13.0 Å². The van der Waals surface area contributed by atoms with Crippen LogP contribution in [0.4, 0.5) is 8.78 Å². The lowest BCUT2D eigenvalue weighted by Crippen LogP contribution is -2.42. The highest BCUT2D eigenvalue weighted by atomic mass is 19.3. The largest absolute Gasteiger partial charge is 0.382 e. The standard InChI is InChI=1S/C8H18F2N4O/c1-2-15-5-3-4-12-8(14-11)13-6-7(9)10/h7H,2-6,11H2,1H3,(H2,12,13,14). The molecule has 0 unspecified atom stereocenters. The molecule has 0 bridgehead atoms. The van der Waals surface area contributed by atoms with Crippen LogP contribution in [0.5, 0.6) is 0 Å². The zero-order valence-electron chi connectivity index (χ0n) is 8.80. The van der Waals surface area contributed by atoms with Gasteiger partial charge in [0.15, 0.2) is 0 Å². The number of ether oxygens (including phenoxy) is 1. The van der Waals surface area contributed by atoms with Gasteiger partial charge in [-0.05, 0) is 13.3 Å². The van der Waals surface area contributed by atoms with E-state index in [4.69, 9.17) is 10.6 Å². The average molecular weight is 224 g/mol.